The van der Waals surface area contributed by atoms with Crippen molar-refractivity contribution in [1.82, 2.24) is 10.6 Å². The van der Waals surface area contributed by atoms with Gasteiger partial charge in [-0.1, -0.05) is 13.8 Å². The lowest BCUT2D eigenvalue weighted by Crippen LogP contribution is -2.57. The SMILES string of the molecule is CC(C)NC1CNCC12COC2. The van der Waals surface area contributed by atoms with Gasteiger partial charge in [-0.2, -0.15) is 0 Å². The van der Waals surface area contributed by atoms with Crippen molar-refractivity contribution in [3.05, 3.63) is 0 Å². The van der Waals surface area contributed by atoms with Crippen LogP contribution >= 0.6 is 0 Å². The molecule has 70 valence electrons. The second-order valence-corrected chi connectivity index (χ2v) is 4.36. The Hall–Kier alpha value is -0.120. The van der Waals surface area contributed by atoms with Gasteiger partial charge in [0.15, 0.2) is 0 Å². The zero-order valence-corrected chi connectivity index (χ0v) is 7.89. The van der Waals surface area contributed by atoms with E-state index in [0.29, 0.717) is 17.5 Å². The largest absolute Gasteiger partial charge is 0.380 e. The molecule has 2 heterocycles. The zero-order valence-electron chi connectivity index (χ0n) is 7.89. The molecular formula is C9H18N2O. The molecular weight excluding hydrogens is 152 g/mol. The van der Waals surface area contributed by atoms with Crippen LogP contribution in [0.25, 0.3) is 0 Å². The van der Waals surface area contributed by atoms with Crippen LogP contribution in [0, 0.1) is 5.41 Å². The summed E-state index contributed by atoms with van der Waals surface area (Å²) in [4.78, 5) is 0. The van der Waals surface area contributed by atoms with Gasteiger partial charge in [-0.15, -0.1) is 0 Å². The summed E-state index contributed by atoms with van der Waals surface area (Å²) in [6.45, 7) is 8.49. The first-order valence-corrected chi connectivity index (χ1v) is 4.77. The van der Waals surface area contributed by atoms with E-state index in [0.717, 1.165) is 26.3 Å². The molecule has 0 radical (unpaired) electrons. The summed E-state index contributed by atoms with van der Waals surface area (Å²) < 4.78 is 5.29. The molecule has 2 N–H and O–H groups in total. The summed E-state index contributed by atoms with van der Waals surface area (Å²) in [5.74, 6) is 0. The van der Waals surface area contributed by atoms with Crippen molar-refractivity contribution < 1.29 is 4.74 Å². The van der Waals surface area contributed by atoms with Gasteiger partial charge in [0.25, 0.3) is 0 Å². The third-order valence-corrected chi connectivity index (χ3v) is 2.88. The van der Waals surface area contributed by atoms with Gasteiger partial charge in [0.05, 0.1) is 13.2 Å². The van der Waals surface area contributed by atoms with E-state index in [1.807, 2.05) is 0 Å². The lowest BCUT2D eigenvalue weighted by molar-refractivity contribution is -0.114. The first-order valence-electron chi connectivity index (χ1n) is 4.77. The molecule has 0 aromatic rings. The third kappa shape index (κ3) is 1.26. The molecule has 0 saturated carbocycles. The molecule has 3 nitrogen and oxygen atoms in total. The molecule has 0 aliphatic carbocycles. The first-order chi connectivity index (χ1) is 5.73. The van der Waals surface area contributed by atoms with Crippen LogP contribution in [-0.2, 0) is 4.74 Å². The Bertz CT molecular complexity index is 166. The monoisotopic (exact) mass is 170 g/mol. The van der Waals surface area contributed by atoms with Gasteiger partial charge in [0, 0.05) is 30.6 Å². The molecule has 2 saturated heterocycles. The van der Waals surface area contributed by atoms with Crippen LogP contribution in [0.3, 0.4) is 0 Å². The van der Waals surface area contributed by atoms with Crippen molar-refractivity contribution in [2.45, 2.75) is 25.9 Å². The number of ether oxygens (including phenoxy) is 1. The third-order valence-electron chi connectivity index (χ3n) is 2.88. The average Bonchev–Trinajstić information content (AvgIpc) is 2.28. The normalized spacial score (nSPS) is 32.8. The minimum atomic E-state index is 0.421. The fourth-order valence-electron chi connectivity index (χ4n) is 2.11. The molecule has 1 spiro atoms. The standard InChI is InChI=1S/C9H18N2O/c1-7(2)11-8-3-10-4-9(8)5-12-6-9/h7-8,10-11H,3-6H2,1-2H3. The Morgan fingerprint density at radius 1 is 1.50 bits per heavy atom. The van der Waals surface area contributed by atoms with E-state index < -0.39 is 0 Å². The van der Waals surface area contributed by atoms with E-state index >= 15 is 0 Å². The molecule has 2 aliphatic rings. The van der Waals surface area contributed by atoms with Crippen LogP contribution in [0.15, 0.2) is 0 Å². The first kappa shape index (κ1) is 8.48. The predicted molar refractivity (Wildman–Crippen MR) is 48.2 cm³/mol. The van der Waals surface area contributed by atoms with Crippen molar-refractivity contribution in [2.75, 3.05) is 26.3 Å². The summed E-state index contributed by atoms with van der Waals surface area (Å²) in [7, 11) is 0. The Morgan fingerprint density at radius 2 is 2.25 bits per heavy atom. The van der Waals surface area contributed by atoms with E-state index in [-0.39, 0.29) is 0 Å². The number of hydrogen-bond donors (Lipinski definition) is 2. The second kappa shape index (κ2) is 2.98. The molecule has 1 atom stereocenters. The Labute approximate surface area is 73.9 Å². The molecule has 1 unspecified atom stereocenters. The quantitative estimate of drug-likeness (QED) is 0.611. The van der Waals surface area contributed by atoms with Gasteiger partial charge >= 0.3 is 0 Å². The molecule has 0 aromatic heterocycles. The van der Waals surface area contributed by atoms with E-state index in [1.54, 1.807) is 0 Å². The van der Waals surface area contributed by atoms with Crippen LogP contribution < -0.4 is 10.6 Å². The van der Waals surface area contributed by atoms with E-state index in [2.05, 4.69) is 24.5 Å². The molecule has 0 aromatic carbocycles. The van der Waals surface area contributed by atoms with Gasteiger partial charge in [0.2, 0.25) is 0 Å². The van der Waals surface area contributed by atoms with E-state index in [1.165, 1.54) is 0 Å². The molecule has 2 fully saturated rings. The zero-order chi connectivity index (χ0) is 8.60. The Kier molecular flexibility index (Phi) is 2.10. The second-order valence-electron chi connectivity index (χ2n) is 4.36. The van der Waals surface area contributed by atoms with E-state index in [9.17, 15) is 0 Å². The van der Waals surface area contributed by atoms with Crippen LogP contribution in [0.5, 0.6) is 0 Å². The molecule has 3 heteroatoms. The Morgan fingerprint density at radius 3 is 2.75 bits per heavy atom. The Balaban J connectivity index is 1.95. The molecule has 0 bridgehead atoms. The van der Waals surface area contributed by atoms with Crippen molar-refractivity contribution in [1.29, 1.82) is 0 Å². The maximum Gasteiger partial charge on any atom is 0.0572 e. The summed E-state index contributed by atoms with van der Waals surface area (Å²) >= 11 is 0. The van der Waals surface area contributed by atoms with Gasteiger partial charge in [-0.3, -0.25) is 0 Å². The van der Waals surface area contributed by atoms with Crippen LogP contribution in [0.1, 0.15) is 13.8 Å². The van der Waals surface area contributed by atoms with Gasteiger partial charge in [-0.05, 0) is 0 Å². The highest BCUT2D eigenvalue weighted by molar-refractivity contribution is 5.03. The lowest BCUT2D eigenvalue weighted by atomic mass is 9.81. The predicted octanol–water partition coefficient (Wildman–Crippen LogP) is -0.0272. The van der Waals surface area contributed by atoms with Gasteiger partial charge < -0.3 is 15.4 Å². The van der Waals surface area contributed by atoms with Gasteiger partial charge in [-0.25, -0.2) is 0 Å². The van der Waals surface area contributed by atoms with Crippen LogP contribution in [-0.4, -0.2) is 38.4 Å². The fourth-order valence-corrected chi connectivity index (χ4v) is 2.11. The molecule has 2 rings (SSSR count). The van der Waals surface area contributed by atoms with E-state index in [4.69, 9.17) is 4.74 Å². The molecule has 0 amide bonds. The number of nitrogens with one attached hydrogen (secondary N) is 2. The summed E-state index contributed by atoms with van der Waals surface area (Å²) in [5, 5.41) is 7.02. The summed E-state index contributed by atoms with van der Waals surface area (Å²) in [6, 6.07) is 1.19. The minimum absolute atomic E-state index is 0.421. The topological polar surface area (TPSA) is 33.3 Å². The van der Waals surface area contributed by atoms with Crippen molar-refractivity contribution in [3.8, 4) is 0 Å². The molecule has 2 aliphatic heterocycles. The highest BCUT2D eigenvalue weighted by Crippen LogP contribution is 2.34. The highest BCUT2D eigenvalue weighted by Gasteiger charge is 2.48. The highest BCUT2D eigenvalue weighted by atomic mass is 16.5. The molecule has 12 heavy (non-hydrogen) atoms. The maximum atomic E-state index is 5.29. The summed E-state index contributed by atoms with van der Waals surface area (Å²) in [5.41, 5.74) is 0.421. The average molecular weight is 170 g/mol. The maximum absolute atomic E-state index is 5.29. The van der Waals surface area contributed by atoms with Crippen molar-refractivity contribution in [3.63, 3.8) is 0 Å². The number of rotatable bonds is 2. The van der Waals surface area contributed by atoms with Crippen molar-refractivity contribution in [2.24, 2.45) is 5.41 Å². The summed E-state index contributed by atoms with van der Waals surface area (Å²) in [6.07, 6.45) is 0. The fraction of sp³-hybridized carbons (Fsp3) is 1.00. The van der Waals surface area contributed by atoms with Gasteiger partial charge in [0.1, 0.15) is 0 Å². The van der Waals surface area contributed by atoms with Crippen molar-refractivity contribution >= 4 is 0 Å². The lowest BCUT2D eigenvalue weighted by Gasteiger charge is -2.43. The number of hydrogen-bond acceptors (Lipinski definition) is 3. The van der Waals surface area contributed by atoms with Crippen LogP contribution in [0.4, 0.5) is 0 Å². The smallest absolute Gasteiger partial charge is 0.0572 e. The minimum Gasteiger partial charge on any atom is -0.380 e. The van der Waals surface area contributed by atoms with Crippen LogP contribution in [0.2, 0.25) is 0 Å².